The zero-order chi connectivity index (χ0) is 31.8. The minimum absolute atomic E-state index is 0.0145. The fourth-order valence-electron chi connectivity index (χ4n) is 10.5. The van der Waals surface area contributed by atoms with Crippen molar-refractivity contribution in [2.75, 3.05) is 41.0 Å². The highest BCUT2D eigenvalue weighted by Gasteiger charge is 2.83. The van der Waals surface area contributed by atoms with E-state index in [1.54, 1.807) is 7.11 Å². The Morgan fingerprint density at radius 3 is 2.47 bits per heavy atom. The molecule has 9 rings (SSSR count). The van der Waals surface area contributed by atoms with E-state index >= 15 is 0 Å². The van der Waals surface area contributed by atoms with E-state index in [1.807, 2.05) is 7.11 Å². The van der Waals surface area contributed by atoms with E-state index < -0.39 is 12.1 Å². The SMILES string of the molecule is COc1ccc2c3c1O[C@H]1[C@@]4(OC)CC[C@@]5(C[C@@H]4COCc4ccccc4)[C@@H](C2)[N+](C)(CC2CC2)CC[C@]315.O=C([O-])C(F)(F)F. The van der Waals surface area contributed by atoms with Crippen LogP contribution in [0.25, 0.3) is 0 Å². The first-order chi connectivity index (χ1) is 21.4. The molecule has 4 bridgehead atoms. The number of benzene rings is 2. The number of nitrogens with zero attached hydrogens (tertiary/aromatic N) is 1. The first kappa shape index (κ1) is 30.8. The summed E-state index contributed by atoms with van der Waals surface area (Å²) in [6.07, 6.45) is 3.48. The van der Waals surface area contributed by atoms with Crippen LogP contribution in [0.5, 0.6) is 11.5 Å². The van der Waals surface area contributed by atoms with Crippen molar-refractivity contribution in [1.82, 2.24) is 0 Å². The number of carboxylic acid groups (broad SMARTS) is 1. The van der Waals surface area contributed by atoms with Gasteiger partial charge in [-0.05, 0) is 49.3 Å². The molecule has 2 spiro atoms. The van der Waals surface area contributed by atoms with E-state index in [9.17, 15) is 13.2 Å². The highest BCUT2D eigenvalue weighted by Crippen LogP contribution is 2.77. The number of carboxylic acids is 1. The molecule has 0 aromatic heterocycles. The molecule has 7 aliphatic rings. The zero-order valence-electron chi connectivity index (χ0n) is 26.2. The Morgan fingerprint density at radius 2 is 1.82 bits per heavy atom. The van der Waals surface area contributed by atoms with Gasteiger partial charge in [-0.15, -0.1) is 0 Å². The molecular formula is C35H42F3NO6. The van der Waals surface area contributed by atoms with E-state index in [4.69, 9.17) is 28.8 Å². The van der Waals surface area contributed by atoms with E-state index in [2.05, 4.69) is 49.5 Å². The summed E-state index contributed by atoms with van der Waals surface area (Å²) in [4.78, 5) is 8.78. The van der Waals surface area contributed by atoms with Crippen molar-refractivity contribution in [2.45, 2.75) is 80.9 Å². The Bertz CT molecular complexity index is 1470. The second-order valence-corrected chi connectivity index (χ2v) is 14.4. The molecule has 45 heavy (non-hydrogen) atoms. The average molecular weight is 630 g/mol. The molecule has 1 saturated heterocycles. The second kappa shape index (κ2) is 10.6. The lowest BCUT2D eigenvalue weighted by molar-refractivity contribution is -0.952. The van der Waals surface area contributed by atoms with Gasteiger partial charge >= 0.3 is 6.18 Å². The number of fused-ring (bicyclic) bond motifs is 2. The molecule has 244 valence electrons. The Hall–Kier alpha value is -2.82. The summed E-state index contributed by atoms with van der Waals surface area (Å²) >= 11 is 0. The van der Waals surface area contributed by atoms with Gasteiger partial charge in [0.05, 0.1) is 51.9 Å². The maximum atomic E-state index is 10.5. The molecule has 10 heteroatoms. The summed E-state index contributed by atoms with van der Waals surface area (Å²) in [6.45, 7) is 3.96. The minimum Gasteiger partial charge on any atom is -0.542 e. The first-order valence-corrected chi connectivity index (χ1v) is 16.1. The summed E-state index contributed by atoms with van der Waals surface area (Å²) < 4.78 is 59.0. The molecule has 0 N–H and O–H groups in total. The maximum Gasteiger partial charge on any atom is 0.430 e. The van der Waals surface area contributed by atoms with Crippen LogP contribution in [0.1, 0.15) is 55.2 Å². The number of hydrogen-bond acceptors (Lipinski definition) is 6. The predicted octanol–water partition coefficient (Wildman–Crippen LogP) is 4.58. The van der Waals surface area contributed by atoms with Crippen LogP contribution in [0.15, 0.2) is 42.5 Å². The first-order valence-electron chi connectivity index (χ1n) is 16.1. The molecule has 5 aliphatic carbocycles. The fraction of sp³-hybridized carbons (Fsp3) is 0.629. The number of aliphatic carboxylic acids is 1. The van der Waals surface area contributed by atoms with Crippen molar-refractivity contribution < 1.29 is 46.5 Å². The normalized spacial score (nSPS) is 36.8. The Labute approximate surface area is 262 Å². The Balaban J connectivity index is 0.000000420. The molecule has 2 aromatic rings. The standard InChI is InChI=1S/C33H42NO4.C2HF3O2/c1-34(19-22-9-10-22)16-15-32-28-24-11-12-26(35-2)29(28)38-30(32)33(36-3)14-13-31(32,27(34)17-24)18-25(33)21-37-20-23-7-5-4-6-8-23;3-2(4,5)1(6)7/h4-8,11-12,22,25,27,30H,9-10,13-21H2,1-3H3;(H,6,7)/q+1;/p-1/t25-,27-,30-,31-,32+,33-,34?;/m1./s1. The monoisotopic (exact) mass is 629 g/mol. The number of likely N-dealkylation sites (tertiary alicyclic amines) is 1. The topological polar surface area (TPSA) is 77.0 Å². The molecule has 5 fully saturated rings. The van der Waals surface area contributed by atoms with Gasteiger partial charge in [-0.2, -0.15) is 13.2 Å². The van der Waals surface area contributed by atoms with Crippen LogP contribution >= 0.6 is 0 Å². The smallest absolute Gasteiger partial charge is 0.430 e. The molecule has 2 aromatic carbocycles. The third kappa shape index (κ3) is 4.45. The highest BCUT2D eigenvalue weighted by molar-refractivity contribution is 5.70. The van der Waals surface area contributed by atoms with Crippen molar-refractivity contribution in [3.63, 3.8) is 0 Å². The van der Waals surface area contributed by atoms with Crippen LogP contribution in [-0.2, 0) is 32.7 Å². The van der Waals surface area contributed by atoms with Gasteiger partial charge in [0.15, 0.2) is 11.5 Å². The number of rotatable bonds is 8. The molecule has 0 amide bonds. The van der Waals surface area contributed by atoms with Gasteiger partial charge in [0, 0.05) is 42.8 Å². The number of likely N-dealkylation sites (N-methyl/N-ethyl adjacent to an activating group) is 1. The van der Waals surface area contributed by atoms with Crippen LogP contribution in [0, 0.1) is 17.3 Å². The van der Waals surface area contributed by atoms with Crippen LogP contribution in [0.2, 0.25) is 0 Å². The van der Waals surface area contributed by atoms with Crippen molar-refractivity contribution in [1.29, 1.82) is 0 Å². The summed E-state index contributed by atoms with van der Waals surface area (Å²) in [7, 11) is 6.31. The summed E-state index contributed by atoms with van der Waals surface area (Å²) in [5, 5.41) is 8.78. The Morgan fingerprint density at radius 1 is 1.09 bits per heavy atom. The number of carbonyl (C=O) groups is 1. The predicted molar refractivity (Wildman–Crippen MR) is 157 cm³/mol. The van der Waals surface area contributed by atoms with Crippen molar-refractivity contribution >= 4 is 5.97 Å². The number of carbonyl (C=O) groups excluding carboxylic acids is 1. The third-order valence-corrected chi connectivity index (χ3v) is 12.4. The van der Waals surface area contributed by atoms with Crippen LogP contribution in [-0.4, -0.2) is 75.3 Å². The molecular weight excluding hydrogens is 587 g/mol. The number of alkyl halides is 3. The average Bonchev–Trinajstić information content (AvgIpc) is 3.75. The number of quaternary nitrogens is 1. The summed E-state index contributed by atoms with van der Waals surface area (Å²) in [6, 6.07) is 15.7. The molecule has 0 radical (unpaired) electrons. The van der Waals surface area contributed by atoms with Crippen LogP contribution in [0.3, 0.4) is 0 Å². The minimum atomic E-state index is -5.19. The van der Waals surface area contributed by atoms with E-state index in [0.29, 0.717) is 18.6 Å². The maximum absolute atomic E-state index is 10.5. The molecule has 4 saturated carbocycles. The quantitative estimate of drug-likeness (QED) is 0.398. The third-order valence-electron chi connectivity index (χ3n) is 12.4. The number of piperidine rings is 1. The molecule has 2 aliphatic heterocycles. The lowest BCUT2D eigenvalue weighted by atomic mass is 9.34. The van der Waals surface area contributed by atoms with Gasteiger partial charge in [-0.1, -0.05) is 36.4 Å². The van der Waals surface area contributed by atoms with Gasteiger partial charge < -0.3 is 33.3 Å². The van der Waals surface area contributed by atoms with Crippen molar-refractivity contribution in [3.05, 3.63) is 59.2 Å². The number of ether oxygens (including phenoxy) is 4. The molecule has 2 heterocycles. The van der Waals surface area contributed by atoms with E-state index in [-0.39, 0.29) is 22.5 Å². The van der Waals surface area contributed by atoms with Crippen molar-refractivity contribution in [2.24, 2.45) is 17.3 Å². The van der Waals surface area contributed by atoms with Crippen LogP contribution < -0.4 is 14.6 Å². The Kier molecular flexibility index (Phi) is 7.26. The number of hydrogen-bond donors (Lipinski definition) is 0. The molecule has 1 unspecified atom stereocenters. The van der Waals surface area contributed by atoms with Gasteiger partial charge in [-0.3, -0.25) is 0 Å². The summed E-state index contributed by atoms with van der Waals surface area (Å²) in [5.41, 5.74) is 4.12. The molecule has 7 atom stereocenters. The van der Waals surface area contributed by atoms with Gasteiger partial charge in [0.2, 0.25) is 0 Å². The van der Waals surface area contributed by atoms with Crippen molar-refractivity contribution in [3.8, 4) is 11.5 Å². The number of halogens is 3. The molecule has 7 nitrogen and oxygen atoms in total. The fourth-order valence-corrected chi connectivity index (χ4v) is 10.5. The lowest BCUT2D eigenvalue weighted by Gasteiger charge is -2.74. The summed E-state index contributed by atoms with van der Waals surface area (Å²) in [5.74, 6) is 0.145. The van der Waals surface area contributed by atoms with Gasteiger partial charge in [0.1, 0.15) is 17.7 Å². The largest absolute Gasteiger partial charge is 0.542 e. The number of methoxy groups -OCH3 is 2. The highest BCUT2D eigenvalue weighted by atomic mass is 19.4. The van der Waals surface area contributed by atoms with E-state index in [1.165, 1.54) is 66.4 Å². The van der Waals surface area contributed by atoms with E-state index in [0.717, 1.165) is 36.9 Å². The second-order valence-electron chi connectivity index (χ2n) is 14.4. The lowest BCUT2D eigenvalue weighted by Crippen LogP contribution is -2.83. The zero-order valence-corrected chi connectivity index (χ0v) is 26.2. The van der Waals surface area contributed by atoms with Gasteiger partial charge in [-0.25, -0.2) is 0 Å². The van der Waals surface area contributed by atoms with Gasteiger partial charge in [0.25, 0.3) is 0 Å². The van der Waals surface area contributed by atoms with Crippen LogP contribution in [0.4, 0.5) is 13.2 Å².